The van der Waals surface area contributed by atoms with Crippen LogP contribution in [0.2, 0.25) is 0 Å². The van der Waals surface area contributed by atoms with Gasteiger partial charge in [0.05, 0.1) is 0 Å². The van der Waals surface area contributed by atoms with Gasteiger partial charge in [0, 0.05) is 25.6 Å². The van der Waals surface area contributed by atoms with E-state index in [1.54, 1.807) is 0 Å². The summed E-state index contributed by atoms with van der Waals surface area (Å²) in [5.74, 6) is -0.449. The minimum atomic E-state index is -0.843. The zero-order chi connectivity index (χ0) is 18.8. The molecule has 1 aromatic rings. The first-order valence-corrected chi connectivity index (χ1v) is 9.55. The summed E-state index contributed by atoms with van der Waals surface area (Å²) in [5.41, 5.74) is 1.09. The van der Waals surface area contributed by atoms with E-state index in [-0.39, 0.29) is 18.5 Å². The Balaban J connectivity index is 1.77. The van der Waals surface area contributed by atoms with Crippen LogP contribution in [0.5, 0.6) is 0 Å². The molecule has 2 unspecified atom stereocenters. The molecule has 1 aromatic carbocycles. The van der Waals surface area contributed by atoms with Gasteiger partial charge in [-0.15, -0.1) is 0 Å². The molecule has 6 heteroatoms. The Kier molecular flexibility index (Phi) is 8.41. The highest BCUT2D eigenvalue weighted by Crippen LogP contribution is 2.10. The van der Waals surface area contributed by atoms with E-state index >= 15 is 0 Å². The molecule has 1 heterocycles. The second kappa shape index (κ2) is 10.8. The molecule has 0 spiro atoms. The first kappa shape index (κ1) is 20.2. The zero-order valence-electron chi connectivity index (χ0n) is 15.6. The lowest BCUT2D eigenvalue weighted by atomic mass is 10.0. The Labute approximate surface area is 156 Å². The van der Waals surface area contributed by atoms with Crippen LogP contribution >= 0.6 is 0 Å². The van der Waals surface area contributed by atoms with Gasteiger partial charge in [0.1, 0.15) is 0 Å². The zero-order valence-corrected chi connectivity index (χ0v) is 15.6. The van der Waals surface area contributed by atoms with Crippen molar-refractivity contribution in [3.63, 3.8) is 0 Å². The number of carboxylic acid groups (broad SMARTS) is 1. The molecule has 0 aliphatic carbocycles. The normalized spacial score (nSPS) is 16.8. The number of hydrogen-bond acceptors (Lipinski definition) is 3. The third kappa shape index (κ3) is 7.87. The number of rotatable bonds is 10. The van der Waals surface area contributed by atoms with Gasteiger partial charge in [0.2, 0.25) is 0 Å². The van der Waals surface area contributed by atoms with Gasteiger partial charge in [0.15, 0.2) is 0 Å². The molecule has 0 radical (unpaired) electrons. The molecular weight excluding hydrogens is 330 g/mol. The number of nitrogens with zero attached hydrogens (tertiary/aromatic N) is 1. The number of nitrogens with one attached hydrogen (secondary N) is 2. The van der Waals surface area contributed by atoms with Crippen molar-refractivity contribution in [2.24, 2.45) is 5.92 Å². The van der Waals surface area contributed by atoms with E-state index in [1.807, 2.05) is 30.3 Å². The third-order valence-corrected chi connectivity index (χ3v) is 4.75. The number of urea groups is 1. The van der Waals surface area contributed by atoms with Crippen LogP contribution in [0.15, 0.2) is 30.3 Å². The van der Waals surface area contributed by atoms with Crippen molar-refractivity contribution in [1.29, 1.82) is 0 Å². The van der Waals surface area contributed by atoms with E-state index in [1.165, 1.54) is 12.8 Å². The number of carboxylic acids is 1. The first-order valence-electron chi connectivity index (χ1n) is 9.55. The Hall–Kier alpha value is -2.08. The fourth-order valence-corrected chi connectivity index (χ4v) is 3.40. The van der Waals surface area contributed by atoms with E-state index < -0.39 is 5.97 Å². The summed E-state index contributed by atoms with van der Waals surface area (Å²) in [7, 11) is 0. The molecule has 2 amide bonds. The molecule has 0 saturated carbocycles. The van der Waals surface area contributed by atoms with Crippen molar-refractivity contribution in [3.8, 4) is 0 Å². The van der Waals surface area contributed by atoms with Crippen molar-refractivity contribution in [2.75, 3.05) is 26.2 Å². The summed E-state index contributed by atoms with van der Waals surface area (Å²) in [4.78, 5) is 25.6. The average Bonchev–Trinajstić information content (AvgIpc) is 3.12. The Bertz CT molecular complexity index is 559. The van der Waals surface area contributed by atoms with Crippen LogP contribution in [0.1, 0.15) is 38.2 Å². The number of aliphatic carboxylic acids is 1. The summed E-state index contributed by atoms with van der Waals surface area (Å²) in [6, 6.07) is 9.41. The van der Waals surface area contributed by atoms with Gasteiger partial charge in [-0.3, -0.25) is 4.79 Å². The molecule has 2 atom stereocenters. The molecule has 2 rings (SSSR count). The van der Waals surface area contributed by atoms with Crippen LogP contribution in [0.3, 0.4) is 0 Å². The highest BCUT2D eigenvalue weighted by molar-refractivity contribution is 5.74. The predicted octanol–water partition coefficient (Wildman–Crippen LogP) is 2.49. The number of likely N-dealkylation sites (tertiary alicyclic amines) is 1. The van der Waals surface area contributed by atoms with Crippen molar-refractivity contribution >= 4 is 12.0 Å². The first-order chi connectivity index (χ1) is 12.5. The van der Waals surface area contributed by atoms with Crippen molar-refractivity contribution < 1.29 is 14.7 Å². The van der Waals surface area contributed by atoms with Crippen LogP contribution in [0, 0.1) is 5.92 Å². The van der Waals surface area contributed by atoms with Crippen LogP contribution < -0.4 is 10.6 Å². The van der Waals surface area contributed by atoms with Gasteiger partial charge in [-0.25, -0.2) is 4.79 Å². The van der Waals surface area contributed by atoms with Gasteiger partial charge < -0.3 is 20.6 Å². The maximum atomic E-state index is 12.2. The molecule has 1 aliphatic rings. The van der Waals surface area contributed by atoms with E-state index in [9.17, 15) is 9.59 Å². The monoisotopic (exact) mass is 361 g/mol. The van der Waals surface area contributed by atoms with E-state index in [0.29, 0.717) is 25.3 Å². The lowest BCUT2D eigenvalue weighted by Crippen LogP contribution is -2.45. The third-order valence-electron chi connectivity index (χ3n) is 4.75. The highest BCUT2D eigenvalue weighted by Gasteiger charge is 2.17. The van der Waals surface area contributed by atoms with Gasteiger partial charge >= 0.3 is 12.0 Å². The SMILES string of the molecule is CC(CNC(=O)NC(CCC(=O)O)Cc1ccccc1)CN1CCCC1. The number of benzene rings is 1. The Morgan fingerprint density at radius 3 is 2.54 bits per heavy atom. The van der Waals surface area contributed by atoms with E-state index in [2.05, 4.69) is 22.5 Å². The molecule has 6 nitrogen and oxygen atoms in total. The molecule has 26 heavy (non-hydrogen) atoms. The lowest BCUT2D eigenvalue weighted by Gasteiger charge is -2.22. The van der Waals surface area contributed by atoms with Gasteiger partial charge in [-0.1, -0.05) is 37.3 Å². The maximum absolute atomic E-state index is 12.2. The topological polar surface area (TPSA) is 81.7 Å². The largest absolute Gasteiger partial charge is 0.481 e. The molecule has 1 aliphatic heterocycles. The molecule has 144 valence electrons. The molecule has 1 saturated heterocycles. The summed E-state index contributed by atoms with van der Waals surface area (Å²) in [6.45, 7) is 6.09. The number of hydrogen-bond donors (Lipinski definition) is 3. The standard InChI is InChI=1S/C20H31N3O3/c1-16(15-23-11-5-6-12-23)14-21-20(26)22-18(9-10-19(24)25)13-17-7-3-2-4-8-17/h2-4,7-8,16,18H,5-6,9-15H2,1H3,(H,24,25)(H2,21,22,26). The maximum Gasteiger partial charge on any atom is 0.315 e. The molecule has 3 N–H and O–H groups in total. The second-order valence-electron chi connectivity index (χ2n) is 7.29. The molecule has 1 fully saturated rings. The lowest BCUT2D eigenvalue weighted by molar-refractivity contribution is -0.137. The van der Waals surface area contributed by atoms with Crippen LogP contribution in [0.25, 0.3) is 0 Å². The fraction of sp³-hybridized carbons (Fsp3) is 0.600. The minimum absolute atomic E-state index is 0.0448. The molecule has 0 aromatic heterocycles. The summed E-state index contributed by atoms with van der Waals surface area (Å²) in [6.07, 6.45) is 3.63. The van der Waals surface area contributed by atoms with E-state index in [4.69, 9.17) is 5.11 Å². The molecule has 0 bridgehead atoms. The summed E-state index contributed by atoms with van der Waals surface area (Å²) >= 11 is 0. The molecular formula is C20H31N3O3. The van der Waals surface area contributed by atoms with Crippen LogP contribution in [0.4, 0.5) is 4.79 Å². The van der Waals surface area contributed by atoms with Crippen molar-refractivity contribution in [1.82, 2.24) is 15.5 Å². The number of carbonyl (C=O) groups excluding carboxylic acids is 1. The Morgan fingerprint density at radius 2 is 1.88 bits per heavy atom. The summed E-state index contributed by atoms with van der Waals surface area (Å²) < 4.78 is 0. The predicted molar refractivity (Wildman–Crippen MR) is 102 cm³/mol. The minimum Gasteiger partial charge on any atom is -0.481 e. The number of amides is 2. The van der Waals surface area contributed by atoms with Gasteiger partial charge in [0.25, 0.3) is 0 Å². The Morgan fingerprint density at radius 1 is 1.19 bits per heavy atom. The quantitative estimate of drug-likeness (QED) is 0.598. The highest BCUT2D eigenvalue weighted by atomic mass is 16.4. The van der Waals surface area contributed by atoms with Crippen molar-refractivity contribution in [2.45, 2.75) is 45.1 Å². The number of carbonyl (C=O) groups is 2. The van der Waals surface area contributed by atoms with Crippen molar-refractivity contribution in [3.05, 3.63) is 35.9 Å². The fourth-order valence-electron chi connectivity index (χ4n) is 3.40. The summed E-state index contributed by atoms with van der Waals surface area (Å²) in [5, 5.41) is 14.8. The van der Waals surface area contributed by atoms with Gasteiger partial charge in [-0.2, -0.15) is 0 Å². The average molecular weight is 361 g/mol. The second-order valence-corrected chi connectivity index (χ2v) is 7.29. The van der Waals surface area contributed by atoms with Crippen LogP contribution in [-0.2, 0) is 11.2 Å². The van der Waals surface area contributed by atoms with Crippen LogP contribution in [-0.4, -0.2) is 54.2 Å². The van der Waals surface area contributed by atoms with Gasteiger partial charge in [-0.05, 0) is 50.3 Å². The van der Waals surface area contributed by atoms with E-state index in [0.717, 1.165) is 25.2 Å². The smallest absolute Gasteiger partial charge is 0.315 e.